The van der Waals surface area contributed by atoms with Crippen molar-refractivity contribution in [2.24, 2.45) is 0 Å². The number of ether oxygens (including phenoxy) is 2. The number of amides is 1. The number of anilines is 1. The van der Waals surface area contributed by atoms with Gasteiger partial charge in [0, 0.05) is 30.2 Å². The standard InChI is InChI=1S/C20H21N3O4/c1-25-16-8-3-6-14(12-16)20-22-19(27-23-20)11-5-10-18(24)21-15-7-4-9-17(13-15)26-2/h3-4,6-9,12-13H,5,10-11H2,1-2H3,(H,21,24). The van der Waals surface area contributed by atoms with Crippen molar-refractivity contribution in [3.8, 4) is 22.9 Å². The fraction of sp³-hybridized carbons (Fsp3) is 0.250. The van der Waals surface area contributed by atoms with Crippen LogP contribution in [0.15, 0.2) is 53.1 Å². The van der Waals surface area contributed by atoms with Crippen molar-refractivity contribution in [2.45, 2.75) is 19.3 Å². The number of methoxy groups -OCH3 is 2. The number of aryl methyl sites for hydroxylation is 1. The van der Waals surface area contributed by atoms with Gasteiger partial charge in [-0.05, 0) is 30.7 Å². The third kappa shape index (κ3) is 5.07. The van der Waals surface area contributed by atoms with E-state index in [1.165, 1.54) is 0 Å². The Kier molecular flexibility index (Phi) is 6.04. The number of aromatic nitrogens is 2. The van der Waals surface area contributed by atoms with E-state index in [2.05, 4.69) is 15.5 Å². The molecule has 3 aromatic rings. The first-order valence-corrected chi connectivity index (χ1v) is 8.59. The molecule has 0 atom stereocenters. The van der Waals surface area contributed by atoms with E-state index in [0.29, 0.717) is 42.4 Å². The van der Waals surface area contributed by atoms with Crippen molar-refractivity contribution in [3.05, 3.63) is 54.4 Å². The summed E-state index contributed by atoms with van der Waals surface area (Å²) in [7, 11) is 3.20. The van der Waals surface area contributed by atoms with Crippen LogP contribution in [0.5, 0.6) is 11.5 Å². The second-order valence-corrected chi connectivity index (χ2v) is 5.88. The van der Waals surface area contributed by atoms with Gasteiger partial charge in [-0.25, -0.2) is 0 Å². The number of benzene rings is 2. The Balaban J connectivity index is 1.50. The normalized spacial score (nSPS) is 10.4. The number of carbonyl (C=O) groups is 1. The van der Waals surface area contributed by atoms with E-state index < -0.39 is 0 Å². The van der Waals surface area contributed by atoms with Crippen LogP contribution in [0.2, 0.25) is 0 Å². The Hall–Kier alpha value is -3.35. The molecule has 0 bridgehead atoms. The summed E-state index contributed by atoms with van der Waals surface area (Å²) in [6.07, 6.45) is 1.49. The molecule has 140 valence electrons. The van der Waals surface area contributed by atoms with Crippen LogP contribution >= 0.6 is 0 Å². The predicted octanol–water partition coefficient (Wildman–Crippen LogP) is 3.72. The van der Waals surface area contributed by atoms with Gasteiger partial charge >= 0.3 is 0 Å². The summed E-state index contributed by atoms with van der Waals surface area (Å²) in [6, 6.07) is 14.7. The molecule has 27 heavy (non-hydrogen) atoms. The largest absolute Gasteiger partial charge is 0.497 e. The first-order chi connectivity index (χ1) is 13.2. The average Bonchev–Trinajstić information content (AvgIpc) is 3.17. The molecule has 1 amide bonds. The van der Waals surface area contributed by atoms with Gasteiger partial charge in [0.2, 0.25) is 17.6 Å². The molecule has 1 N–H and O–H groups in total. The summed E-state index contributed by atoms with van der Waals surface area (Å²) < 4.78 is 15.6. The van der Waals surface area contributed by atoms with E-state index in [9.17, 15) is 4.79 Å². The number of hydrogen-bond donors (Lipinski definition) is 1. The van der Waals surface area contributed by atoms with E-state index in [0.717, 1.165) is 11.3 Å². The van der Waals surface area contributed by atoms with Crippen molar-refractivity contribution in [2.75, 3.05) is 19.5 Å². The fourth-order valence-corrected chi connectivity index (χ4v) is 2.56. The molecule has 7 nitrogen and oxygen atoms in total. The summed E-state index contributed by atoms with van der Waals surface area (Å²) in [5.74, 6) is 2.36. The highest BCUT2D eigenvalue weighted by molar-refractivity contribution is 5.90. The van der Waals surface area contributed by atoms with Crippen LogP contribution in [0.3, 0.4) is 0 Å². The maximum atomic E-state index is 12.1. The molecule has 0 spiro atoms. The first kappa shape index (κ1) is 18.4. The topological polar surface area (TPSA) is 86.5 Å². The zero-order chi connectivity index (χ0) is 19.1. The molecule has 0 fully saturated rings. The Morgan fingerprint density at radius 1 is 1.07 bits per heavy atom. The molecule has 0 saturated heterocycles. The maximum absolute atomic E-state index is 12.1. The highest BCUT2D eigenvalue weighted by Gasteiger charge is 2.10. The molecule has 7 heteroatoms. The third-order valence-corrected chi connectivity index (χ3v) is 3.94. The van der Waals surface area contributed by atoms with E-state index in [4.69, 9.17) is 14.0 Å². The summed E-state index contributed by atoms with van der Waals surface area (Å²) >= 11 is 0. The highest BCUT2D eigenvalue weighted by Crippen LogP contribution is 2.21. The smallest absolute Gasteiger partial charge is 0.226 e. The second kappa shape index (κ2) is 8.84. The van der Waals surface area contributed by atoms with Gasteiger partial charge < -0.3 is 19.3 Å². The Morgan fingerprint density at radius 2 is 1.81 bits per heavy atom. The molecule has 0 radical (unpaired) electrons. The van der Waals surface area contributed by atoms with Gasteiger partial charge in [0.15, 0.2) is 0 Å². The Labute approximate surface area is 157 Å². The molecule has 0 saturated carbocycles. The summed E-state index contributed by atoms with van der Waals surface area (Å²) in [5.41, 5.74) is 1.53. The SMILES string of the molecule is COc1cccc(NC(=O)CCCc2nc(-c3cccc(OC)c3)no2)c1. The number of nitrogens with one attached hydrogen (secondary N) is 1. The van der Waals surface area contributed by atoms with Crippen molar-refractivity contribution in [3.63, 3.8) is 0 Å². The summed E-state index contributed by atoms with van der Waals surface area (Å²) in [6.45, 7) is 0. The van der Waals surface area contributed by atoms with E-state index >= 15 is 0 Å². The van der Waals surface area contributed by atoms with Crippen LogP contribution < -0.4 is 14.8 Å². The van der Waals surface area contributed by atoms with Crippen molar-refractivity contribution >= 4 is 11.6 Å². The Morgan fingerprint density at radius 3 is 2.59 bits per heavy atom. The predicted molar refractivity (Wildman–Crippen MR) is 101 cm³/mol. The molecule has 0 aliphatic heterocycles. The van der Waals surface area contributed by atoms with Gasteiger partial charge in [0.25, 0.3) is 0 Å². The molecule has 1 heterocycles. The van der Waals surface area contributed by atoms with Crippen LogP contribution in [-0.4, -0.2) is 30.3 Å². The average molecular weight is 367 g/mol. The minimum absolute atomic E-state index is 0.0733. The maximum Gasteiger partial charge on any atom is 0.226 e. The minimum atomic E-state index is -0.0733. The molecule has 2 aromatic carbocycles. The van der Waals surface area contributed by atoms with E-state index in [-0.39, 0.29) is 5.91 Å². The van der Waals surface area contributed by atoms with Crippen molar-refractivity contribution in [1.82, 2.24) is 10.1 Å². The van der Waals surface area contributed by atoms with Gasteiger partial charge in [-0.1, -0.05) is 23.4 Å². The first-order valence-electron chi connectivity index (χ1n) is 8.59. The lowest BCUT2D eigenvalue weighted by Gasteiger charge is -2.06. The van der Waals surface area contributed by atoms with E-state index in [1.807, 2.05) is 42.5 Å². The zero-order valence-corrected chi connectivity index (χ0v) is 15.3. The lowest BCUT2D eigenvalue weighted by molar-refractivity contribution is -0.116. The molecule has 3 rings (SSSR count). The molecule has 1 aromatic heterocycles. The van der Waals surface area contributed by atoms with Crippen molar-refractivity contribution in [1.29, 1.82) is 0 Å². The molecule has 0 unspecified atom stereocenters. The van der Waals surface area contributed by atoms with Gasteiger partial charge in [-0.2, -0.15) is 4.98 Å². The lowest BCUT2D eigenvalue weighted by Crippen LogP contribution is -2.11. The zero-order valence-electron chi connectivity index (χ0n) is 15.3. The van der Waals surface area contributed by atoms with Crippen LogP contribution in [0.4, 0.5) is 5.69 Å². The third-order valence-electron chi connectivity index (χ3n) is 3.94. The van der Waals surface area contributed by atoms with E-state index in [1.54, 1.807) is 20.3 Å². The van der Waals surface area contributed by atoms with Crippen LogP contribution in [0.1, 0.15) is 18.7 Å². The summed E-state index contributed by atoms with van der Waals surface area (Å²) in [4.78, 5) is 16.4. The fourth-order valence-electron chi connectivity index (χ4n) is 2.56. The number of hydrogen-bond acceptors (Lipinski definition) is 6. The van der Waals surface area contributed by atoms with Crippen molar-refractivity contribution < 1.29 is 18.8 Å². The lowest BCUT2D eigenvalue weighted by atomic mass is 10.2. The Bertz CT molecular complexity index is 908. The molecular formula is C20H21N3O4. The quantitative estimate of drug-likeness (QED) is 0.653. The summed E-state index contributed by atoms with van der Waals surface area (Å²) in [5, 5.41) is 6.84. The van der Waals surface area contributed by atoms with Crippen LogP contribution in [0, 0.1) is 0 Å². The highest BCUT2D eigenvalue weighted by atomic mass is 16.5. The van der Waals surface area contributed by atoms with Gasteiger partial charge in [-0.3, -0.25) is 4.79 Å². The molecule has 0 aliphatic rings. The van der Waals surface area contributed by atoms with Gasteiger partial charge in [-0.15, -0.1) is 0 Å². The van der Waals surface area contributed by atoms with Gasteiger partial charge in [0.05, 0.1) is 14.2 Å². The second-order valence-electron chi connectivity index (χ2n) is 5.88. The number of carbonyl (C=O) groups excluding carboxylic acids is 1. The number of nitrogens with zero attached hydrogens (tertiary/aromatic N) is 2. The monoisotopic (exact) mass is 367 g/mol. The van der Waals surface area contributed by atoms with Gasteiger partial charge in [0.1, 0.15) is 11.5 Å². The van der Waals surface area contributed by atoms with Crippen LogP contribution in [-0.2, 0) is 11.2 Å². The number of rotatable bonds is 8. The molecular weight excluding hydrogens is 346 g/mol. The molecule has 0 aliphatic carbocycles. The van der Waals surface area contributed by atoms with Crippen LogP contribution in [0.25, 0.3) is 11.4 Å². The minimum Gasteiger partial charge on any atom is -0.497 e.